The molecule has 1 aliphatic carbocycles. The van der Waals surface area contributed by atoms with E-state index in [4.69, 9.17) is 5.26 Å². The van der Waals surface area contributed by atoms with Gasteiger partial charge in [-0.05, 0) is 24.0 Å². The molecular formula is C13H13F3N2. The van der Waals surface area contributed by atoms with Crippen LogP contribution < -0.4 is 5.32 Å². The third-order valence-corrected chi connectivity index (χ3v) is 3.21. The van der Waals surface area contributed by atoms with Gasteiger partial charge in [0.25, 0.3) is 0 Å². The van der Waals surface area contributed by atoms with Gasteiger partial charge in [0.15, 0.2) is 5.92 Å². The average Bonchev–Trinajstić information content (AvgIpc) is 2.70. The number of fused-ring (bicyclic) bond motifs is 1. The zero-order chi connectivity index (χ0) is 13.2. The van der Waals surface area contributed by atoms with E-state index in [1.807, 2.05) is 24.3 Å². The van der Waals surface area contributed by atoms with Crippen LogP contribution in [0.3, 0.4) is 0 Å². The van der Waals surface area contributed by atoms with Crippen LogP contribution in [0.25, 0.3) is 0 Å². The fourth-order valence-corrected chi connectivity index (χ4v) is 2.22. The number of rotatable bonds is 3. The van der Waals surface area contributed by atoms with E-state index in [1.54, 1.807) is 0 Å². The van der Waals surface area contributed by atoms with Gasteiger partial charge in [0.2, 0.25) is 0 Å². The Balaban J connectivity index is 1.89. The minimum Gasteiger partial charge on any atom is -0.312 e. The van der Waals surface area contributed by atoms with E-state index < -0.39 is 12.1 Å². The number of hydrogen-bond acceptors (Lipinski definition) is 2. The predicted octanol–water partition coefficient (Wildman–Crippen LogP) is 2.45. The van der Waals surface area contributed by atoms with Crippen molar-refractivity contribution in [2.24, 2.45) is 5.92 Å². The molecule has 0 amide bonds. The molecule has 0 spiro atoms. The van der Waals surface area contributed by atoms with E-state index in [-0.39, 0.29) is 12.6 Å². The number of nitrogens with zero attached hydrogens (tertiary/aromatic N) is 1. The molecule has 0 fully saturated rings. The molecule has 0 aliphatic heterocycles. The third-order valence-electron chi connectivity index (χ3n) is 3.21. The Morgan fingerprint density at radius 1 is 1.28 bits per heavy atom. The molecule has 1 unspecified atom stereocenters. The summed E-state index contributed by atoms with van der Waals surface area (Å²) in [7, 11) is 0. The Morgan fingerprint density at radius 2 is 1.83 bits per heavy atom. The number of nitriles is 1. The van der Waals surface area contributed by atoms with Crippen LogP contribution in [0.5, 0.6) is 0 Å². The zero-order valence-corrected chi connectivity index (χ0v) is 9.67. The molecule has 5 heteroatoms. The molecular weight excluding hydrogens is 241 g/mol. The highest BCUT2D eigenvalue weighted by Gasteiger charge is 2.40. The van der Waals surface area contributed by atoms with Crippen LogP contribution in [0.1, 0.15) is 11.1 Å². The van der Waals surface area contributed by atoms with Gasteiger partial charge >= 0.3 is 6.18 Å². The number of alkyl halides is 3. The minimum absolute atomic E-state index is 0.000556. The van der Waals surface area contributed by atoms with Crippen LogP contribution in [0.15, 0.2) is 24.3 Å². The first-order valence-electron chi connectivity index (χ1n) is 5.77. The van der Waals surface area contributed by atoms with Crippen molar-refractivity contribution in [1.29, 1.82) is 5.26 Å². The van der Waals surface area contributed by atoms with Crippen molar-refractivity contribution in [1.82, 2.24) is 5.32 Å². The van der Waals surface area contributed by atoms with Gasteiger partial charge in [-0.25, -0.2) is 0 Å². The molecule has 0 saturated carbocycles. The lowest BCUT2D eigenvalue weighted by Gasteiger charge is -2.17. The van der Waals surface area contributed by atoms with Crippen LogP contribution in [-0.4, -0.2) is 18.8 Å². The number of nitrogens with one attached hydrogen (secondary N) is 1. The van der Waals surface area contributed by atoms with E-state index in [2.05, 4.69) is 5.32 Å². The summed E-state index contributed by atoms with van der Waals surface area (Å²) >= 11 is 0. The van der Waals surface area contributed by atoms with Gasteiger partial charge in [-0.1, -0.05) is 24.3 Å². The fourth-order valence-electron chi connectivity index (χ4n) is 2.22. The number of halogens is 3. The van der Waals surface area contributed by atoms with Gasteiger partial charge in [0.1, 0.15) is 0 Å². The molecule has 1 aromatic carbocycles. The topological polar surface area (TPSA) is 35.8 Å². The summed E-state index contributed by atoms with van der Waals surface area (Å²) in [5.41, 5.74) is 2.35. The maximum absolute atomic E-state index is 12.4. The Kier molecular flexibility index (Phi) is 3.58. The molecule has 0 aromatic heterocycles. The molecule has 2 nitrogen and oxygen atoms in total. The van der Waals surface area contributed by atoms with Crippen molar-refractivity contribution in [2.75, 3.05) is 6.54 Å². The predicted molar refractivity (Wildman–Crippen MR) is 60.8 cm³/mol. The van der Waals surface area contributed by atoms with Crippen molar-refractivity contribution in [3.63, 3.8) is 0 Å². The van der Waals surface area contributed by atoms with E-state index >= 15 is 0 Å². The van der Waals surface area contributed by atoms with E-state index in [0.29, 0.717) is 0 Å². The smallest absolute Gasteiger partial charge is 0.312 e. The van der Waals surface area contributed by atoms with Crippen molar-refractivity contribution < 1.29 is 13.2 Å². The van der Waals surface area contributed by atoms with E-state index in [1.165, 1.54) is 17.2 Å². The lowest BCUT2D eigenvalue weighted by molar-refractivity contribution is -0.157. The summed E-state index contributed by atoms with van der Waals surface area (Å²) in [5, 5.41) is 11.3. The lowest BCUT2D eigenvalue weighted by atomic mass is 10.1. The van der Waals surface area contributed by atoms with Gasteiger partial charge in [-0.3, -0.25) is 0 Å². The van der Waals surface area contributed by atoms with Crippen LogP contribution in [0.4, 0.5) is 13.2 Å². The van der Waals surface area contributed by atoms with Gasteiger partial charge in [0, 0.05) is 12.6 Å². The maximum atomic E-state index is 12.4. The quantitative estimate of drug-likeness (QED) is 0.899. The Labute approximate surface area is 103 Å². The van der Waals surface area contributed by atoms with Crippen LogP contribution in [0, 0.1) is 17.2 Å². The molecule has 1 atom stereocenters. The third kappa shape index (κ3) is 2.82. The summed E-state index contributed by atoms with van der Waals surface area (Å²) in [5.74, 6) is -1.93. The first kappa shape index (κ1) is 12.9. The van der Waals surface area contributed by atoms with Gasteiger partial charge in [-0.2, -0.15) is 18.4 Å². The normalized spacial score (nSPS) is 17.2. The molecule has 2 rings (SSSR count). The van der Waals surface area contributed by atoms with Crippen LogP contribution in [0.2, 0.25) is 0 Å². The van der Waals surface area contributed by atoms with Gasteiger partial charge in [-0.15, -0.1) is 0 Å². The fraction of sp³-hybridized carbons (Fsp3) is 0.462. The average molecular weight is 254 g/mol. The largest absolute Gasteiger partial charge is 0.405 e. The van der Waals surface area contributed by atoms with Crippen molar-refractivity contribution in [3.05, 3.63) is 35.4 Å². The summed E-state index contributed by atoms with van der Waals surface area (Å²) in [4.78, 5) is 0. The zero-order valence-electron chi connectivity index (χ0n) is 9.67. The summed E-state index contributed by atoms with van der Waals surface area (Å²) < 4.78 is 37.2. The molecule has 0 radical (unpaired) electrons. The number of hydrogen-bond donors (Lipinski definition) is 1. The SMILES string of the molecule is N#CC(CNC1Cc2ccccc2C1)C(F)(F)F. The van der Waals surface area contributed by atoms with Crippen LogP contribution in [-0.2, 0) is 12.8 Å². The molecule has 1 N–H and O–H groups in total. The summed E-state index contributed by atoms with van der Waals surface area (Å²) in [6.07, 6.45) is -2.99. The molecule has 0 bridgehead atoms. The van der Waals surface area contributed by atoms with Crippen LogP contribution >= 0.6 is 0 Å². The lowest BCUT2D eigenvalue weighted by Crippen LogP contribution is -2.38. The highest BCUT2D eigenvalue weighted by molar-refractivity contribution is 5.33. The Hall–Kier alpha value is -1.54. The molecule has 0 saturated heterocycles. The molecule has 0 heterocycles. The molecule has 1 aromatic rings. The second-order valence-electron chi connectivity index (χ2n) is 4.51. The Bertz CT molecular complexity index is 437. The molecule has 96 valence electrons. The van der Waals surface area contributed by atoms with Gasteiger partial charge < -0.3 is 5.32 Å². The van der Waals surface area contributed by atoms with E-state index in [0.717, 1.165) is 12.8 Å². The second kappa shape index (κ2) is 4.99. The highest BCUT2D eigenvalue weighted by Crippen LogP contribution is 2.26. The van der Waals surface area contributed by atoms with Crippen molar-refractivity contribution in [3.8, 4) is 6.07 Å². The monoisotopic (exact) mass is 254 g/mol. The number of benzene rings is 1. The molecule has 1 aliphatic rings. The highest BCUT2D eigenvalue weighted by atomic mass is 19.4. The first-order chi connectivity index (χ1) is 8.50. The maximum Gasteiger partial charge on any atom is 0.405 e. The standard InChI is InChI=1S/C13H13F3N2/c14-13(15,16)11(7-17)8-18-12-5-9-3-1-2-4-10(9)6-12/h1-4,11-12,18H,5-6,8H2. The van der Waals surface area contributed by atoms with Crippen molar-refractivity contribution in [2.45, 2.75) is 25.1 Å². The summed E-state index contributed by atoms with van der Waals surface area (Å²) in [6.45, 7) is -0.335. The summed E-state index contributed by atoms with van der Waals surface area (Å²) in [6, 6.07) is 9.13. The second-order valence-corrected chi connectivity index (χ2v) is 4.51. The van der Waals surface area contributed by atoms with Gasteiger partial charge in [0.05, 0.1) is 6.07 Å². The van der Waals surface area contributed by atoms with Crippen molar-refractivity contribution >= 4 is 0 Å². The minimum atomic E-state index is -4.45. The molecule has 18 heavy (non-hydrogen) atoms. The van der Waals surface area contributed by atoms with E-state index in [9.17, 15) is 13.2 Å². The first-order valence-corrected chi connectivity index (χ1v) is 5.77. The Morgan fingerprint density at radius 3 is 2.28 bits per heavy atom.